The van der Waals surface area contributed by atoms with E-state index in [9.17, 15) is 0 Å². The molecule has 0 aliphatic heterocycles. The lowest BCUT2D eigenvalue weighted by Gasteiger charge is -2.15. The van der Waals surface area contributed by atoms with Crippen molar-refractivity contribution < 1.29 is 0 Å². The number of hydrogen-bond acceptors (Lipinski definition) is 0. The van der Waals surface area contributed by atoms with Crippen LogP contribution in [0.5, 0.6) is 0 Å². The second kappa shape index (κ2) is 4.99. The fourth-order valence-electron chi connectivity index (χ4n) is 3.51. The SMILES string of the molecule is CC1(c2ccccc2)C(c2ccccc2)=C1c1ccccc1. The molecule has 106 valence electrons. The van der Waals surface area contributed by atoms with Gasteiger partial charge < -0.3 is 0 Å². The van der Waals surface area contributed by atoms with E-state index < -0.39 is 0 Å². The summed E-state index contributed by atoms with van der Waals surface area (Å²) < 4.78 is 0. The first-order valence-corrected chi connectivity index (χ1v) is 7.73. The van der Waals surface area contributed by atoms with Crippen LogP contribution >= 0.6 is 0 Å². The lowest BCUT2D eigenvalue weighted by atomic mass is 9.87. The van der Waals surface area contributed by atoms with Crippen LogP contribution in [0.3, 0.4) is 0 Å². The van der Waals surface area contributed by atoms with Crippen molar-refractivity contribution in [2.45, 2.75) is 12.3 Å². The molecule has 0 nitrogen and oxygen atoms in total. The fraction of sp³-hybridized carbons (Fsp3) is 0.0909. The van der Waals surface area contributed by atoms with Crippen LogP contribution in [0.1, 0.15) is 23.6 Å². The highest BCUT2D eigenvalue weighted by atomic mass is 14.5. The van der Waals surface area contributed by atoms with Crippen LogP contribution in [-0.4, -0.2) is 0 Å². The maximum atomic E-state index is 2.34. The summed E-state index contributed by atoms with van der Waals surface area (Å²) in [6.07, 6.45) is 0. The van der Waals surface area contributed by atoms with Crippen LogP contribution in [0.2, 0.25) is 0 Å². The average Bonchev–Trinajstić information content (AvgIpc) is 3.24. The summed E-state index contributed by atoms with van der Waals surface area (Å²) in [6.45, 7) is 2.34. The predicted octanol–water partition coefficient (Wildman–Crippen LogP) is 5.57. The van der Waals surface area contributed by atoms with E-state index in [0.29, 0.717) is 0 Å². The van der Waals surface area contributed by atoms with Crippen LogP contribution in [0.25, 0.3) is 11.1 Å². The topological polar surface area (TPSA) is 0 Å². The molecule has 0 atom stereocenters. The van der Waals surface area contributed by atoms with Crippen molar-refractivity contribution in [3.8, 4) is 0 Å². The average molecular weight is 282 g/mol. The van der Waals surface area contributed by atoms with Crippen molar-refractivity contribution in [3.05, 3.63) is 108 Å². The summed E-state index contributed by atoms with van der Waals surface area (Å²) in [5.74, 6) is 0. The Hall–Kier alpha value is -2.60. The molecule has 0 saturated carbocycles. The molecule has 0 spiro atoms. The van der Waals surface area contributed by atoms with Crippen LogP contribution in [0, 0.1) is 0 Å². The zero-order valence-corrected chi connectivity index (χ0v) is 12.7. The first-order valence-electron chi connectivity index (χ1n) is 7.73. The van der Waals surface area contributed by atoms with Gasteiger partial charge in [-0.2, -0.15) is 0 Å². The third kappa shape index (κ3) is 1.92. The summed E-state index contributed by atoms with van der Waals surface area (Å²) in [6, 6.07) is 32.3. The Balaban J connectivity index is 1.88. The zero-order valence-electron chi connectivity index (χ0n) is 12.7. The predicted molar refractivity (Wildman–Crippen MR) is 93.5 cm³/mol. The van der Waals surface area contributed by atoms with Crippen molar-refractivity contribution in [2.75, 3.05) is 0 Å². The minimum atomic E-state index is 0.0178. The molecule has 0 saturated heterocycles. The van der Waals surface area contributed by atoms with Gasteiger partial charge in [-0.25, -0.2) is 0 Å². The smallest absolute Gasteiger partial charge is 0.0441 e. The van der Waals surface area contributed by atoms with Gasteiger partial charge in [0.15, 0.2) is 0 Å². The Morgan fingerprint density at radius 1 is 0.500 bits per heavy atom. The fourth-order valence-corrected chi connectivity index (χ4v) is 3.51. The number of benzene rings is 3. The normalized spacial score (nSPS) is 15.7. The Bertz CT molecular complexity index is 762. The quantitative estimate of drug-likeness (QED) is 0.589. The molecule has 0 bridgehead atoms. The minimum Gasteiger partial charge on any atom is -0.0622 e. The van der Waals surface area contributed by atoms with Gasteiger partial charge in [0.2, 0.25) is 0 Å². The molecular weight excluding hydrogens is 264 g/mol. The highest BCUT2D eigenvalue weighted by molar-refractivity contribution is 6.18. The molecular formula is C22H18. The van der Waals surface area contributed by atoms with Crippen molar-refractivity contribution in [2.24, 2.45) is 0 Å². The highest BCUT2D eigenvalue weighted by Gasteiger charge is 2.51. The summed E-state index contributed by atoms with van der Waals surface area (Å²) in [7, 11) is 0. The van der Waals surface area contributed by atoms with E-state index >= 15 is 0 Å². The van der Waals surface area contributed by atoms with Gasteiger partial charge in [0.1, 0.15) is 0 Å². The minimum absolute atomic E-state index is 0.0178. The second-order valence-electron chi connectivity index (χ2n) is 5.97. The summed E-state index contributed by atoms with van der Waals surface area (Å²) >= 11 is 0. The zero-order chi connectivity index (χ0) is 15.0. The van der Waals surface area contributed by atoms with E-state index in [1.54, 1.807) is 0 Å². The Morgan fingerprint density at radius 3 is 1.27 bits per heavy atom. The lowest BCUT2D eigenvalue weighted by Crippen LogP contribution is -2.07. The molecule has 1 aliphatic carbocycles. The maximum absolute atomic E-state index is 2.34. The molecule has 0 amide bonds. The van der Waals surface area contributed by atoms with Gasteiger partial charge in [-0.3, -0.25) is 0 Å². The third-order valence-electron chi connectivity index (χ3n) is 4.66. The molecule has 0 N–H and O–H groups in total. The standard InChI is InChI=1S/C22H18/c1-22(19-15-9-4-10-16-19)20(17-11-5-2-6-12-17)21(22)18-13-7-3-8-14-18/h2-16H,1H3. The van der Waals surface area contributed by atoms with Crippen molar-refractivity contribution in [1.82, 2.24) is 0 Å². The van der Waals surface area contributed by atoms with E-state index in [1.165, 1.54) is 27.8 Å². The largest absolute Gasteiger partial charge is 0.0622 e. The molecule has 22 heavy (non-hydrogen) atoms. The molecule has 0 fully saturated rings. The van der Waals surface area contributed by atoms with E-state index in [2.05, 4.69) is 97.9 Å². The second-order valence-corrected chi connectivity index (χ2v) is 5.97. The molecule has 0 heterocycles. The number of allylic oxidation sites excluding steroid dienone is 2. The summed E-state index contributed by atoms with van der Waals surface area (Å²) in [5, 5.41) is 0. The number of rotatable bonds is 3. The molecule has 0 unspecified atom stereocenters. The first kappa shape index (κ1) is 13.1. The lowest BCUT2D eigenvalue weighted by molar-refractivity contribution is 0.896. The van der Waals surface area contributed by atoms with Crippen LogP contribution in [0.4, 0.5) is 0 Å². The van der Waals surface area contributed by atoms with Gasteiger partial charge in [0.25, 0.3) is 0 Å². The molecule has 0 radical (unpaired) electrons. The third-order valence-corrected chi connectivity index (χ3v) is 4.66. The Kier molecular flexibility index (Phi) is 2.97. The van der Waals surface area contributed by atoms with Crippen molar-refractivity contribution in [1.29, 1.82) is 0 Å². The van der Waals surface area contributed by atoms with E-state index in [0.717, 1.165) is 0 Å². The molecule has 3 aromatic carbocycles. The van der Waals surface area contributed by atoms with Crippen LogP contribution < -0.4 is 0 Å². The summed E-state index contributed by atoms with van der Waals surface area (Å²) in [4.78, 5) is 0. The molecule has 1 aliphatic rings. The highest BCUT2D eigenvalue weighted by Crippen LogP contribution is 2.64. The van der Waals surface area contributed by atoms with Gasteiger partial charge in [-0.1, -0.05) is 91.0 Å². The first-order chi connectivity index (χ1) is 10.8. The maximum Gasteiger partial charge on any atom is 0.0441 e. The number of hydrogen-bond donors (Lipinski definition) is 0. The van der Waals surface area contributed by atoms with Gasteiger partial charge in [0.05, 0.1) is 0 Å². The van der Waals surface area contributed by atoms with Gasteiger partial charge in [-0.05, 0) is 34.8 Å². The molecule has 0 heteroatoms. The molecule has 4 rings (SSSR count). The Morgan fingerprint density at radius 2 is 0.864 bits per heavy atom. The molecule has 0 aromatic heterocycles. The van der Waals surface area contributed by atoms with Gasteiger partial charge in [-0.15, -0.1) is 0 Å². The van der Waals surface area contributed by atoms with E-state index in [1.807, 2.05) is 0 Å². The monoisotopic (exact) mass is 282 g/mol. The van der Waals surface area contributed by atoms with Gasteiger partial charge >= 0.3 is 0 Å². The van der Waals surface area contributed by atoms with E-state index in [4.69, 9.17) is 0 Å². The van der Waals surface area contributed by atoms with Crippen LogP contribution in [0.15, 0.2) is 91.0 Å². The Labute approximate surface area is 131 Å². The van der Waals surface area contributed by atoms with Crippen LogP contribution in [-0.2, 0) is 5.41 Å². The van der Waals surface area contributed by atoms with Crippen molar-refractivity contribution in [3.63, 3.8) is 0 Å². The van der Waals surface area contributed by atoms with E-state index in [-0.39, 0.29) is 5.41 Å². The van der Waals surface area contributed by atoms with Gasteiger partial charge in [0, 0.05) is 5.41 Å². The summed E-state index contributed by atoms with van der Waals surface area (Å²) in [5.41, 5.74) is 6.94. The van der Waals surface area contributed by atoms with Crippen molar-refractivity contribution >= 4 is 11.1 Å². The molecule has 3 aromatic rings.